The van der Waals surface area contributed by atoms with Gasteiger partial charge in [0.25, 0.3) is 5.91 Å². The van der Waals surface area contributed by atoms with Crippen LogP contribution in [0.25, 0.3) is 6.08 Å². The molecule has 1 aliphatic heterocycles. The van der Waals surface area contributed by atoms with Gasteiger partial charge in [-0.2, -0.15) is 0 Å². The molecule has 0 saturated carbocycles. The number of rotatable bonds is 4. The highest BCUT2D eigenvalue weighted by molar-refractivity contribution is 5.95. The lowest BCUT2D eigenvalue weighted by Crippen LogP contribution is -2.38. The molecule has 160 valence electrons. The van der Waals surface area contributed by atoms with Crippen LogP contribution in [0, 0.1) is 11.8 Å². The lowest BCUT2D eigenvalue weighted by atomic mass is 9.91. The molecule has 1 unspecified atom stereocenters. The lowest BCUT2D eigenvalue weighted by molar-refractivity contribution is -0.126. The van der Waals surface area contributed by atoms with Gasteiger partial charge in [0.15, 0.2) is 11.5 Å². The summed E-state index contributed by atoms with van der Waals surface area (Å²) < 4.78 is 11.0. The van der Waals surface area contributed by atoms with Crippen molar-refractivity contribution in [1.82, 2.24) is 4.90 Å². The summed E-state index contributed by atoms with van der Waals surface area (Å²) in [7, 11) is 3.25. The van der Waals surface area contributed by atoms with Gasteiger partial charge in [0.1, 0.15) is 0 Å². The summed E-state index contributed by atoms with van der Waals surface area (Å²) in [5.41, 5.74) is 4.06. The van der Waals surface area contributed by atoms with Crippen molar-refractivity contribution in [3.63, 3.8) is 0 Å². The number of amides is 1. The summed E-state index contributed by atoms with van der Waals surface area (Å²) in [5, 5.41) is 0. The van der Waals surface area contributed by atoms with Gasteiger partial charge in [-0.3, -0.25) is 4.79 Å². The number of fused-ring (bicyclic) bond motifs is 1. The molecule has 32 heavy (non-hydrogen) atoms. The highest BCUT2D eigenvalue weighted by Crippen LogP contribution is 2.39. The number of ether oxygens (including phenoxy) is 2. The molecular formula is C28H25NO3. The van der Waals surface area contributed by atoms with Crippen molar-refractivity contribution in [2.45, 2.75) is 12.5 Å². The lowest BCUT2D eigenvalue weighted by Gasteiger charge is -2.35. The van der Waals surface area contributed by atoms with E-state index in [0.717, 1.165) is 28.7 Å². The van der Waals surface area contributed by atoms with Crippen molar-refractivity contribution in [2.75, 3.05) is 20.8 Å². The fraction of sp³-hybridized carbons (Fsp3) is 0.179. The minimum atomic E-state index is -0.253. The van der Waals surface area contributed by atoms with Crippen molar-refractivity contribution in [1.29, 1.82) is 0 Å². The summed E-state index contributed by atoms with van der Waals surface area (Å²) in [5.74, 6) is 6.96. The second-order valence-corrected chi connectivity index (χ2v) is 7.49. The normalized spacial score (nSPS) is 14.9. The second-order valence-electron chi connectivity index (χ2n) is 7.49. The molecule has 0 saturated heterocycles. The molecule has 1 amide bonds. The van der Waals surface area contributed by atoms with E-state index < -0.39 is 0 Å². The van der Waals surface area contributed by atoms with Crippen molar-refractivity contribution < 1.29 is 14.3 Å². The first kappa shape index (κ1) is 21.3. The summed E-state index contributed by atoms with van der Waals surface area (Å²) in [4.78, 5) is 15.0. The summed E-state index contributed by atoms with van der Waals surface area (Å²) in [6.07, 6.45) is 4.83. The Balaban J connectivity index is 1.72. The predicted octanol–water partition coefficient (Wildman–Crippen LogP) is 4.89. The molecule has 0 radical (unpaired) electrons. The third-order valence-corrected chi connectivity index (χ3v) is 5.54. The Bertz CT molecular complexity index is 1170. The maximum atomic E-state index is 13.1. The van der Waals surface area contributed by atoms with Crippen LogP contribution in [0.5, 0.6) is 11.5 Å². The number of hydrogen-bond donors (Lipinski definition) is 0. The van der Waals surface area contributed by atoms with Gasteiger partial charge in [-0.1, -0.05) is 66.6 Å². The molecular weight excluding hydrogens is 398 g/mol. The topological polar surface area (TPSA) is 38.8 Å². The Morgan fingerprint density at radius 3 is 2.31 bits per heavy atom. The van der Waals surface area contributed by atoms with Crippen molar-refractivity contribution >= 4 is 12.0 Å². The molecule has 1 atom stereocenters. The molecule has 4 heteroatoms. The smallest absolute Gasteiger partial charge is 0.299 e. The highest BCUT2D eigenvalue weighted by Gasteiger charge is 2.30. The van der Waals surface area contributed by atoms with Crippen LogP contribution in [0.1, 0.15) is 28.3 Å². The maximum absolute atomic E-state index is 13.1. The Kier molecular flexibility index (Phi) is 6.57. The number of carbonyl (C=O) groups is 1. The molecule has 0 bridgehead atoms. The quantitative estimate of drug-likeness (QED) is 0.561. The van der Waals surface area contributed by atoms with E-state index in [1.807, 2.05) is 83.8 Å². The van der Waals surface area contributed by atoms with Crippen LogP contribution >= 0.6 is 0 Å². The Labute approximate surface area is 189 Å². The van der Waals surface area contributed by atoms with Crippen LogP contribution in [0.4, 0.5) is 0 Å². The van der Waals surface area contributed by atoms with E-state index in [0.29, 0.717) is 18.0 Å². The fourth-order valence-electron chi connectivity index (χ4n) is 3.90. The molecule has 1 aliphatic rings. The van der Waals surface area contributed by atoms with E-state index in [4.69, 9.17) is 9.47 Å². The van der Waals surface area contributed by atoms with Crippen LogP contribution < -0.4 is 9.47 Å². The number of methoxy groups -OCH3 is 2. The molecule has 3 aromatic rings. The van der Waals surface area contributed by atoms with Crippen LogP contribution in [-0.4, -0.2) is 31.6 Å². The first-order valence-electron chi connectivity index (χ1n) is 10.6. The van der Waals surface area contributed by atoms with E-state index >= 15 is 0 Å². The summed E-state index contributed by atoms with van der Waals surface area (Å²) in [6.45, 7) is 0.578. The van der Waals surface area contributed by atoms with E-state index in [2.05, 4.69) is 17.9 Å². The fourth-order valence-corrected chi connectivity index (χ4v) is 3.90. The zero-order valence-corrected chi connectivity index (χ0v) is 18.2. The van der Waals surface area contributed by atoms with Crippen LogP contribution in [-0.2, 0) is 11.2 Å². The predicted molar refractivity (Wildman–Crippen MR) is 127 cm³/mol. The third kappa shape index (κ3) is 4.68. The Morgan fingerprint density at radius 1 is 0.969 bits per heavy atom. The van der Waals surface area contributed by atoms with Gasteiger partial charge in [0, 0.05) is 18.0 Å². The molecule has 3 aromatic carbocycles. The van der Waals surface area contributed by atoms with E-state index in [-0.39, 0.29) is 11.9 Å². The largest absolute Gasteiger partial charge is 0.493 e. The van der Waals surface area contributed by atoms with Gasteiger partial charge in [-0.25, -0.2) is 0 Å². The molecule has 4 rings (SSSR count). The minimum Gasteiger partial charge on any atom is -0.493 e. The molecule has 0 aromatic heterocycles. The zero-order valence-electron chi connectivity index (χ0n) is 18.2. The monoisotopic (exact) mass is 423 g/mol. The van der Waals surface area contributed by atoms with Crippen molar-refractivity contribution in [3.05, 3.63) is 101 Å². The Hall–Kier alpha value is -3.97. The molecule has 0 N–H and O–H groups in total. The van der Waals surface area contributed by atoms with Crippen molar-refractivity contribution in [3.8, 4) is 23.3 Å². The van der Waals surface area contributed by atoms with Gasteiger partial charge in [-0.05, 0) is 47.4 Å². The molecule has 0 fully saturated rings. The van der Waals surface area contributed by atoms with Gasteiger partial charge in [0.05, 0.1) is 20.3 Å². The maximum Gasteiger partial charge on any atom is 0.299 e. The molecule has 4 nitrogen and oxygen atoms in total. The molecule has 0 aliphatic carbocycles. The number of benzene rings is 3. The summed E-state index contributed by atoms with van der Waals surface area (Å²) in [6, 6.07) is 23.3. The number of carbonyl (C=O) groups excluding carboxylic acids is 1. The van der Waals surface area contributed by atoms with Gasteiger partial charge < -0.3 is 14.4 Å². The van der Waals surface area contributed by atoms with E-state index in [1.165, 1.54) is 0 Å². The number of nitrogens with zero attached hydrogens (tertiary/aromatic N) is 1. The zero-order chi connectivity index (χ0) is 22.3. The highest BCUT2D eigenvalue weighted by atomic mass is 16.5. The average molecular weight is 424 g/mol. The summed E-state index contributed by atoms with van der Waals surface area (Å²) >= 11 is 0. The Morgan fingerprint density at radius 2 is 1.62 bits per heavy atom. The van der Waals surface area contributed by atoms with Crippen LogP contribution in [0.3, 0.4) is 0 Å². The first-order chi connectivity index (χ1) is 15.7. The van der Waals surface area contributed by atoms with Gasteiger partial charge >= 0.3 is 0 Å². The molecule has 0 spiro atoms. The van der Waals surface area contributed by atoms with Gasteiger partial charge in [-0.15, -0.1) is 0 Å². The standard InChI is InChI=1S/C28H25NO3/c1-31-26-19-23-17-18-29(28(30)16-14-22-11-7-4-8-12-22)25(24(23)20-27(26)32-2)15-13-21-9-5-3-6-10-21/h3-13,15,19-20,25H,17-18H2,1-2H3/b15-13+. The van der Waals surface area contributed by atoms with E-state index in [9.17, 15) is 4.79 Å². The molecule has 1 heterocycles. The van der Waals surface area contributed by atoms with Gasteiger partial charge in [0.2, 0.25) is 0 Å². The minimum absolute atomic E-state index is 0.197. The average Bonchev–Trinajstić information content (AvgIpc) is 2.86. The second kappa shape index (κ2) is 9.89. The third-order valence-electron chi connectivity index (χ3n) is 5.54. The van der Waals surface area contributed by atoms with Crippen LogP contribution in [0.2, 0.25) is 0 Å². The number of hydrogen-bond acceptors (Lipinski definition) is 3. The SMILES string of the molecule is COc1cc2c(cc1OC)C(/C=C/c1ccccc1)N(C(=O)C#Cc1ccccc1)CC2. The first-order valence-corrected chi connectivity index (χ1v) is 10.6. The van der Waals surface area contributed by atoms with Crippen LogP contribution in [0.15, 0.2) is 78.9 Å². The van der Waals surface area contributed by atoms with E-state index in [1.54, 1.807) is 14.2 Å². The van der Waals surface area contributed by atoms with Crippen molar-refractivity contribution in [2.24, 2.45) is 0 Å².